The zero-order valence-corrected chi connectivity index (χ0v) is 15.0. The van der Waals surface area contributed by atoms with Gasteiger partial charge in [0.2, 0.25) is 0 Å². The molecular weight excluding hydrogens is 340 g/mol. The van der Waals surface area contributed by atoms with Gasteiger partial charge in [-0.1, -0.05) is 24.3 Å². The lowest BCUT2D eigenvalue weighted by Crippen LogP contribution is -2.46. The van der Waals surface area contributed by atoms with E-state index in [1.807, 2.05) is 61.5 Å². The fraction of sp³-hybridized carbons (Fsp3) is 0.190. The van der Waals surface area contributed by atoms with E-state index < -0.39 is 0 Å². The first-order valence-electron chi connectivity index (χ1n) is 8.84. The van der Waals surface area contributed by atoms with E-state index >= 15 is 0 Å². The lowest BCUT2D eigenvalue weighted by atomic mass is 10.1. The van der Waals surface area contributed by atoms with E-state index in [1.54, 1.807) is 22.2 Å². The minimum absolute atomic E-state index is 0.0358. The summed E-state index contributed by atoms with van der Waals surface area (Å²) in [6.45, 7) is 2.42. The molecular formula is C21H20N4O2. The number of fused-ring (bicyclic) bond motifs is 1. The number of rotatable bonds is 4. The van der Waals surface area contributed by atoms with E-state index in [-0.39, 0.29) is 18.7 Å². The zero-order chi connectivity index (χ0) is 18.8. The van der Waals surface area contributed by atoms with Gasteiger partial charge in [-0.25, -0.2) is 14.7 Å². The maximum Gasteiger partial charge on any atom is 0.331 e. The van der Waals surface area contributed by atoms with E-state index in [1.165, 1.54) is 0 Å². The summed E-state index contributed by atoms with van der Waals surface area (Å²) in [5, 5.41) is 9.28. The van der Waals surface area contributed by atoms with Crippen molar-refractivity contribution in [3.63, 3.8) is 0 Å². The number of aromatic nitrogens is 2. The predicted octanol–water partition coefficient (Wildman–Crippen LogP) is 3.80. The van der Waals surface area contributed by atoms with Crippen molar-refractivity contribution >= 4 is 17.5 Å². The van der Waals surface area contributed by atoms with Gasteiger partial charge in [-0.15, -0.1) is 0 Å². The molecule has 0 aliphatic carbocycles. The number of carbonyl (C=O) groups excluding carboxylic acids is 1. The van der Waals surface area contributed by atoms with Crippen molar-refractivity contribution in [3.05, 3.63) is 83.8 Å². The zero-order valence-electron chi connectivity index (χ0n) is 15.0. The second-order valence-electron chi connectivity index (χ2n) is 6.49. The highest BCUT2D eigenvalue weighted by Gasteiger charge is 2.35. The second kappa shape index (κ2) is 7.17. The number of aliphatic hydroxyl groups is 1. The van der Waals surface area contributed by atoms with E-state index in [0.29, 0.717) is 12.4 Å². The Labute approximate surface area is 157 Å². The highest BCUT2D eigenvalue weighted by Crippen LogP contribution is 2.36. The quantitative estimate of drug-likeness (QED) is 0.768. The van der Waals surface area contributed by atoms with Crippen LogP contribution in [0.2, 0.25) is 0 Å². The molecule has 2 amide bonds. The number of benzene rings is 1. The largest absolute Gasteiger partial charge is 0.392 e. The average Bonchev–Trinajstić information content (AvgIpc) is 2.73. The molecule has 1 N–H and O–H groups in total. The summed E-state index contributed by atoms with van der Waals surface area (Å²) in [6, 6.07) is 16.6. The van der Waals surface area contributed by atoms with Crippen LogP contribution in [0.1, 0.15) is 29.8 Å². The van der Waals surface area contributed by atoms with Gasteiger partial charge < -0.3 is 10.0 Å². The van der Waals surface area contributed by atoms with Crippen molar-refractivity contribution in [2.24, 2.45) is 0 Å². The summed E-state index contributed by atoms with van der Waals surface area (Å²) in [5.74, 6) is 0.642. The molecule has 0 bridgehead atoms. The Morgan fingerprint density at radius 3 is 2.52 bits per heavy atom. The molecule has 0 radical (unpaired) electrons. The summed E-state index contributed by atoms with van der Waals surface area (Å²) >= 11 is 0. The first-order chi connectivity index (χ1) is 13.2. The normalized spacial score (nSPS) is 14.8. The summed E-state index contributed by atoms with van der Waals surface area (Å²) in [4.78, 5) is 25.7. The number of nitrogens with zero attached hydrogens (tertiary/aromatic N) is 4. The van der Waals surface area contributed by atoms with Gasteiger partial charge in [-0.3, -0.25) is 4.98 Å². The third-order valence-electron chi connectivity index (χ3n) is 4.82. The maximum atomic E-state index is 13.4. The highest BCUT2D eigenvalue weighted by atomic mass is 16.3. The summed E-state index contributed by atoms with van der Waals surface area (Å²) < 4.78 is 0. The van der Waals surface area contributed by atoms with Crippen molar-refractivity contribution in [3.8, 4) is 0 Å². The van der Waals surface area contributed by atoms with Gasteiger partial charge in [0, 0.05) is 18.0 Å². The number of carbonyl (C=O) groups is 1. The molecule has 6 nitrogen and oxygen atoms in total. The predicted molar refractivity (Wildman–Crippen MR) is 102 cm³/mol. The SMILES string of the molecule is CC(c1ccccn1)N1Cc2cccnc2N(c2ccc(CO)cc2)C1=O. The Balaban J connectivity index is 1.76. The van der Waals surface area contributed by atoms with Crippen LogP contribution in [0, 0.1) is 0 Å². The van der Waals surface area contributed by atoms with Crippen LogP contribution in [0.3, 0.4) is 0 Å². The van der Waals surface area contributed by atoms with Crippen LogP contribution in [0.5, 0.6) is 0 Å². The highest BCUT2D eigenvalue weighted by molar-refractivity contribution is 6.00. The molecule has 1 aromatic carbocycles. The topological polar surface area (TPSA) is 69.6 Å². The third-order valence-corrected chi connectivity index (χ3v) is 4.82. The van der Waals surface area contributed by atoms with E-state index in [9.17, 15) is 9.90 Å². The van der Waals surface area contributed by atoms with Crippen LogP contribution in [0.15, 0.2) is 67.0 Å². The molecule has 27 heavy (non-hydrogen) atoms. The van der Waals surface area contributed by atoms with E-state index in [4.69, 9.17) is 0 Å². The monoisotopic (exact) mass is 360 g/mol. The first-order valence-corrected chi connectivity index (χ1v) is 8.84. The van der Waals surface area contributed by atoms with Gasteiger partial charge in [0.1, 0.15) is 5.82 Å². The molecule has 1 unspecified atom stereocenters. The fourth-order valence-corrected chi connectivity index (χ4v) is 3.29. The number of aliphatic hydroxyl groups excluding tert-OH is 1. The van der Waals surface area contributed by atoms with E-state index in [2.05, 4.69) is 9.97 Å². The van der Waals surface area contributed by atoms with Crippen LogP contribution in [-0.2, 0) is 13.2 Å². The standard InChI is InChI=1S/C21H20N4O2/c1-15(19-6-2-3-11-22-19)24-13-17-5-4-12-23-20(17)25(21(24)27)18-9-7-16(14-26)8-10-18/h2-12,15,26H,13-14H2,1H3. The smallest absolute Gasteiger partial charge is 0.331 e. The number of urea groups is 1. The van der Waals surface area contributed by atoms with Crippen LogP contribution < -0.4 is 4.90 Å². The molecule has 0 fully saturated rings. The lowest BCUT2D eigenvalue weighted by molar-refractivity contribution is 0.179. The Morgan fingerprint density at radius 1 is 1.04 bits per heavy atom. The molecule has 6 heteroatoms. The molecule has 3 aromatic rings. The van der Waals surface area contributed by atoms with Gasteiger partial charge in [-0.05, 0) is 42.8 Å². The summed E-state index contributed by atoms with van der Waals surface area (Å²) in [7, 11) is 0. The van der Waals surface area contributed by atoms with Gasteiger partial charge in [-0.2, -0.15) is 0 Å². The van der Waals surface area contributed by atoms with Gasteiger partial charge >= 0.3 is 6.03 Å². The Hall–Kier alpha value is -3.25. The van der Waals surface area contributed by atoms with Crippen LogP contribution in [0.25, 0.3) is 0 Å². The average molecular weight is 360 g/mol. The Kier molecular flexibility index (Phi) is 4.56. The van der Waals surface area contributed by atoms with E-state index in [0.717, 1.165) is 22.5 Å². The summed E-state index contributed by atoms with van der Waals surface area (Å²) in [6.07, 6.45) is 3.43. The molecule has 0 saturated heterocycles. The number of pyridine rings is 2. The van der Waals surface area contributed by atoms with Crippen LogP contribution in [0.4, 0.5) is 16.3 Å². The molecule has 136 valence electrons. The summed E-state index contributed by atoms with van der Waals surface area (Å²) in [5.41, 5.74) is 3.33. The number of hydrogen-bond acceptors (Lipinski definition) is 4. The van der Waals surface area contributed by atoms with Crippen molar-refractivity contribution < 1.29 is 9.90 Å². The molecule has 2 aromatic heterocycles. The molecule has 3 heterocycles. The molecule has 4 rings (SSSR count). The molecule has 0 spiro atoms. The first kappa shape index (κ1) is 17.2. The van der Waals surface area contributed by atoms with Gasteiger partial charge in [0.05, 0.1) is 30.6 Å². The molecule has 1 aliphatic rings. The Bertz CT molecular complexity index is 944. The third kappa shape index (κ3) is 3.15. The lowest BCUT2D eigenvalue weighted by Gasteiger charge is -2.39. The van der Waals surface area contributed by atoms with Gasteiger partial charge in [0.15, 0.2) is 0 Å². The number of amides is 2. The minimum Gasteiger partial charge on any atom is -0.392 e. The second-order valence-corrected chi connectivity index (χ2v) is 6.49. The molecule has 1 aliphatic heterocycles. The van der Waals surface area contributed by atoms with Crippen molar-refractivity contribution in [1.29, 1.82) is 0 Å². The van der Waals surface area contributed by atoms with Crippen LogP contribution in [-0.4, -0.2) is 26.0 Å². The van der Waals surface area contributed by atoms with Crippen molar-refractivity contribution in [2.75, 3.05) is 4.90 Å². The minimum atomic E-state index is -0.175. The number of hydrogen-bond donors (Lipinski definition) is 1. The maximum absolute atomic E-state index is 13.4. The van der Waals surface area contributed by atoms with Crippen molar-refractivity contribution in [2.45, 2.75) is 26.1 Å². The fourth-order valence-electron chi connectivity index (χ4n) is 3.29. The van der Waals surface area contributed by atoms with Gasteiger partial charge in [0.25, 0.3) is 0 Å². The van der Waals surface area contributed by atoms with Crippen molar-refractivity contribution in [1.82, 2.24) is 14.9 Å². The molecule has 0 saturated carbocycles. The Morgan fingerprint density at radius 2 is 1.81 bits per heavy atom. The molecule has 1 atom stereocenters. The van der Waals surface area contributed by atoms with Crippen LogP contribution >= 0.6 is 0 Å². The number of anilines is 2.